The highest BCUT2D eigenvalue weighted by molar-refractivity contribution is 5.43. The molecule has 5 heteroatoms. The van der Waals surface area contributed by atoms with Crippen LogP contribution < -0.4 is 0 Å². The van der Waals surface area contributed by atoms with Gasteiger partial charge < -0.3 is 0 Å². The average molecular weight is 258 g/mol. The number of hydrogen-bond acceptors (Lipinski definition) is 3. The summed E-state index contributed by atoms with van der Waals surface area (Å²) in [6.45, 7) is 1.61. The fourth-order valence-electron chi connectivity index (χ4n) is 2.20. The quantitative estimate of drug-likeness (QED) is 0.600. The van der Waals surface area contributed by atoms with Crippen molar-refractivity contribution in [3.05, 3.63) is 64.0 Å². The van der Waals surface area contributed by atoms with Crippen LogP contribution in [0.25, 0.3) is 0 Å². The Kier molecular flexibility index (Phi) is 3.17. The summed E-state index contributed by atoms with van der Waals surface area (Å²) in [6, 6.07) is 8.14. The maximum atomic E-state index is 13.3. The van der Waals surface area contributed by atoms with Gasteiger partial charge in [0.1, 0.15) is 5.83 Å². The van der Waals surface area contributed by atoms with Crippen LogP contribution in [0.2, 0.25) is 0 Å². The summed E-state index contributed by atoms with van der Waals surface area (Å²) in [5, 5.41) is 20.0. The van der Waals surface area contributed by atoms with Crippen LogP contribution in [0.3, 0.4) is 0 Å². The van der Waals surface area contributed by atoms with Crippen molar-refractivity contribution in [3.63, 3.8) is 0 Å². The molecule has 0 aromatic heterocycles. The zero-order valence-electron chi connectivity index (χ0n) is 10.2. The van der Waals surface area contributed by atoms with E-state index in [4.69, 9.17) is 0 Å². The second kappa shape index (κ2) is 4.65. The monoisotopic (exact) mass is 258 g/mol. The van der Waals surface area contributed by atoms with Crippen molar-refractivity contribution in [1.29, 1.82) is 5.26 Å². The van der Waals surface area contributed by atoms with Gasteiger partial charge in [-0.2, -0.15) is 5.26 Å². The van der Waals surface area contributed by atoms with E-state index in [9.17, 15) is 19.8 Å². The lowest BCUT2D eigenvalue weighted by Crippen LogP contribution is -2.22. The fraction of sp³-hybridized carbons (Fsp3) is 0.214. The first-order valence-corrected chi connectivity index (χ1v) is 5.68. The summed E-state index contributed by atoms with van der Waals surface area (Å²) in [5.41, 5.74) is -0.465. The third kappa shape index (κ3) is 2.38. The highest BCUT2D eigenvalue weighted by Crippen LogP contribution is 2.42. The van der Waals surface area contributed by atoms with Crippen molar-refractivity contribution in [2.45, 2.75) is 12.8 Å². The molecule has 0 N–H and O–H groups in total. The molecule has 2 atom stereocenters. The minimum atomic E-state index is -1.05. The van der Waals surface area contributed by atoms with Crippen molar-refractivity contribution in [2.75, 3.05) is 0 Å². The molecule has 4 nitrogen and oxygen atoms in total. The van der Waals surface area contributed by atoms with E-state index in [2.05, 4.69) is 6.07 Å². The van der Waals surface area contributed by atoms with E-state index in [0.29, 0.717) is 5.56 Å². The van der Waals surface area contributed by atoms with Gasteiger partial charge in [0.15, 0.2) is 0 Å². The molecule has 0 saturated carbocycles. The van der Waals surface area contributed by atoms with Crippen molar-refractivity contribution in [2.24, 2.45) is 5.41 Å². The summed E-state index contributed by atoms with van der Waals surface area (Å²) >= 11 is 0. The van der Waals surface area contributed by atoms with Crippen LogP contribution in [0.5, 0.6) is 0 Å². The predicted octanol–water partition coefficient (Wildman–Crippen LogP) is 3.63. The number of nitro benzene ring substituents is 1. The normalized spacial score (nSPS) is 25.5. The number of non-ortho nitro benzene ring substituents is 1. The van der Waals surface area contributed by atoms with Crippen molar-refractivity contribution >= 4 is 5.69 Å². The molecule has 2 unspecified atom stereocenters. The Morgan fingerprint density at radius 1 is 1.53 bits per heavy atom. The fourth-order valence-corrected chi connectivity index (χ4v) is 2.20. The minimum Gasteiger partial charge on any atom is -0.258 e. The Bertz CT molecular complexity index is 631. The lowest BCUT2D eigenvalue weighted by molar-refractivity contribution is -0.384. The summed E-state index contributed by atoms with van der Waals surface area (Å²) in [6.07, 6.45) is 4.09. The molecule has 96 valence electrons. The smallest absolute Gasteiger partial charge is 0.258 e. The van der Waals surface area contributed by atoms with Gasteiger partial charge in [-0.25, -0.2) is 4.39 Å². The summed E-state index contributed by atoms with van der Waals surface area (Å²) in [5.74, 6) is -0.873. The zero-order chi connectivity index (χ0) is 14.0. The Morgan fingerprint density at radius 2 is 2.26 bits per heavy atom. The molecule has 0 heterocycles. The SMILES string of the molecule is CC1(C#N)C=C(F)C=CC1c1cccc([N+](=O)[O-])c1. The van der Waals surface area contributed by atoms with Crippen LogP contribution in [-0.4, -0.2) is 4.92 Å². The predicted molar refractivity (Wildman–Crippen MR) is 67.9 cm³/mol. The van der Waals surface area contributed by atoms with Crippen molar-refractivity contribution in [3.8, 4) is 6.07 Å². The summed E-state index contributed by atoms with van der Waals surface area (Å²) in [7, 11) is 0. The van der Waals surface area contributed by atoms with Crippen LogP contribution >= 0.6 is 0 Å². The van der Waals surface area contributed by atoms with E-state index >= 15 is 0 Å². The number of benzene rings is 1. The van der Waals surface area contributed by atoms with Gasteiger partial charge in [0.25, 0.3) is 5.69 Å². The molecular weight excluding hydrogens is 247 g/mol. The molecule has 0 amide bonds. The molecule has 19 heavy (non-hydrogen) atoms. The van der Waals surface area contributed by atoms with Crippen LogP contribution in [0.15, 0.2) is 48.3 Å². The van der Waals surface area contributed by atoms with Crippen LogP contribution in [0, 0.1) is 26.9 Å². The van der Waals surface area contributed by atoms with Crippen LogP contribution in [0.4, 0.5) is 10.1 Å². The van der Waals surface area contributed by atoms with Gasteiger partial charge in [-0.05, 0) is 24.6 Å². The van der Waals surface area contributed by atoms with Gasteiger partial charge >= 0.3 is 0 Å². The van der Waals surface area contributed by atoms with Crippen molar-refractivity contribution in [1.82, 2.24) is 0 Å². The topological polar surface area (TPSA) is 66.9 Å². The number of nitriles is 1. The lowest BCUT2D eigenvalue weighted by atomic mass is 9.72. The van der Waals surface area contributed by atoms with Crippen LogP contribution in [0.1, 0.15) is 18.4 Å². The molecule has 0 saturated heterocycles. The molecule has 0 aliphatic heterocycles. The maximum absolute atomic E-state index is 13.3. The Balaban J connectivity index is 2.48. The maximum Gasteiger partial charge on any atom is 0.269 e. The first kappa shape index (κ1) is 13.0. The Hall–Kier alpha value is -2.48. The highest BCUT2D eigenvalue weighted by atomic mass is 19.1. The second-order valence-corrected chi connectivity index (χ2v) is 4.61. The molecule has 1 aliphatic rings. The Labute approximate surface area is 109 Å². The third-order valence-corrected chi connectivity index (χ3v) is 3.21. The first-order valence-electron chi connectivity index (χ1n) is 5.68. The van der Waals surface area contributed by atoms with Gasteiger partial charge in [0.05, 0.1) is 16.4 Å². The van der Waals surface area contributed by atoms with E-state index in [1.165, 1.54) is 24.3 Å². The van der Waals surface area contributed by atoms with E-state index in [1.807, 2.05) is 0 Å². The number of halogens is 1. The summed E-state index contributed by atoms with van der Waals surface area (Å²) in [4.78, 5) is 10.3. The van der Waals surface area contributed by atoms with Crippen LogP contribution in [-0.2, 0) is 0 Å². The van der Waals surface area contributed by atoms with E-state index in [-0.39, 0.29) is 5.69 Å². The molecule has 0 radical (unpaired) electrons. The number of allylic oxidation sites excluding steroid dienone is 4. The van der Waals surface area contributed by atoms with Gasteiger partial charge in [0, 0.05) is 18.1 Å². The van der Waals surface area contributed by atoms with E-state index < -0.39 is 22.1 Å². The molecule has 1 aromatic rings. The number of nitro groups is 1. The highest BCUT2D eigenvalue weighted by Gasteiger charge is 2.35. The van der Waals surface area contributed by atoms with E-state index in [1.54, 1.807) is 25.1 Å². The molecule has 2 rings (SSSR count). The number of hydrogen-bond donors (Lipinski definition) is 0. The number of nitrogens with zero attached hydrogens (tertiary/aromatic N) is 2. The van der Waals surface area contributed by atoms with Gasteiger partial charge in [-0.3, -0.25) is 10.1 Å². The standard InChI is InChI=1S/C14H11FN2O2/c1-14(9-16)8-11(15)5-6-13(14)10-3-2-4-12(7-10)17(18)19/h2-8,13H,1H3. The third-order valence-electron chi connectivity index (χ3n) is 3.21. The van der Waals surface area contributed by atoms with Gasteiger partial charge in [0.2, 0.25) is 0 Å². The molecular formula is C14H11FN2O2. The molecule has 0 spiro atoms. The van der Waals surface area contributed by atoms with Crippen molar-refractivity contribution < 1.29 is 9.31 Å². The van der Waals surface area contributed by atoms with Gasteiger partial charge in [-0.15, -0.1) is 0 Å². The largest absolute Gasteiger partial charge is 0.269 e. The second-order valence-electron chi connectivity index (χ2n) is 4.61. The molecule has 0 bridgehead atoms. The zero-order valence-corrected chi connectivity index (χ0v) is 10.2. The molecule has 1 aliphatic carbocycles. The van der Waals surface area contributed by atoms with E-state index in [0.717, 1.165) is 0 Å². The number of rotatable bonds is 2. The molecule has 0 fully saturated rings. The Morgan fingerprint density at radius 3 is 2.89 bits per heavy atom. The first-order chi connectivity index (χ1) is 8.96. The summed E-state index contributed by atoms with van der Waals surface area (Å²) < 4.78 is 13.3. The molecule has 1 aromatic carbocycles. The average Bonchev–Trinajstić information content (AvgIpc) is 2.39. The minimum absolute atomic E-state index is 0.0405. The lowest BCUT2D eigenvalue weighted by Gasteiger charge is -2.29. The van der Waals surface area contributed by atoms with Gasteiger partial charge in [-0.1, -0.05) is 18.2 Å².